The van der Waals surface area contributed by atoms with Gasteiger partial charge in [0.05, 0.1) is 5.75 Å². The van der Waals surface area contributed by atoms with Gasteiger partial charge in [0.25, 0.3) is 0 Å². The maximum absolute atomic E-state index is 10.8. The highest BCUT2D eigenvalue weighted by Crippen LogP contribution is 1.89. The summed E-state index contributed by atoms with van der Waals surface area (Å²) in [6, 6.07) is 0. The van der Waals surface area contributed by atoms with Crippen LogP contribution in [0.15, 0.2) is 0 Å². The van der Waals surface area contributed by atoms with Crippen molar-refractivity contribution in [3.8, 4) is 0 Å². The average molecular weight is 180 g/mol. The van der Waals surface area contributed by atoms with E-state index in [4.69, 9.17) is 0 Å². The molecule has 0 radical (unpaired) electrons. The van der Waals surface area contributed by atoms with Crippen LogP contribution in [0.25, 0.3) is 0 Å². The normalized spacial score (nSPS) is 11.2. The Morgan fingerprint density at radius 1 is 1.45 bits per heavy atom. The van der Waals surface area contributed by atoms with Crippen molar-refractivity contribution in [1.29, 1.82) is 0 Å². The molecule has 0 saturated heterocycles. The zero-order valence-electron chi connectivity index (χ0n) is 6.57. The highest BCUT2D eigenvalue weighted by atomic mass is 32.2. The Morgan fingerprint density at radius 2 is 1.91 bits per heavy atom. The van der Waals surface area contributed by atoms with Gasteiger partial charge in [-0.3, -0.25) is 4.79 Å². The lowest BCUT2D eigenvalue weighted by atomic mass is 10.4. The van der Waals surface area contributed by atoms with Crippen molar-refractivity contribution >= 4 is 15.9 Å². The second kappa shape index (κ2) is 3.68. The monoisotopic (exact) mass is 180 g/mol. The van der Waals surface area contributed by atoms with E-state index < -0.39 is 10.0 Å². The summed E-state index contributed by atoms with van der Waals surface area (Å²) in [6.45, 7) is 0. The summed E-state index contributed by atoms with van der Waals surface area (Å²) in [6.07, 6.45) is -0.0498. The molecule has 0 heterocycles. The third-order valence-corrected chi connectivity index (χ3v) is 1.87. The van der Waals surface area contributed by atoms with Crippen LogP contribution in [0.1, 0.15) is 6.42 Å². The summed E-state index contributed by atoms with van der Waals surface area (Å²) in [5.74, 6) is -0.525. The van der Waals surface area contributed by atoms with E-state index in [-0.39, 0.29) is 18.1 Å². The standard InChI is InChI=1S/C5H12N2O3S/c1-7(2)5(8)3-4-11(6,9)10/h3-4H2,1-2H3,(H2,6,9,10). The quantitative estimate of drug-likeness (QED) is 0.589. The van der Waals surface area contributed by atoms with Crippen LogP contribution >= 0.6 is 0 Å². The molecule has 0 aromatic heterocycles. The molecule has 0 saturated carbocycles. The Balaban J connectivity index is 3.83. The van der Waals surface area contributed by atoms with E-state index in [0.717, 1.165) is 0 Å². The fraction of sp³-hybridized carbons (Fsp3) is 0.800. The molecule has 0 aliphatic carbocycles. The molecule has 0 bridgehead atoms. The predicted molar refractivity (Wildman–Crippen MR) is 41.3 cm³/mol. The van der Waals surface area contributed by atoms with Crippen LogP contribution in [0.4, 0.5) is 0 Å². The number of amides is 1. The van der Waals surface area contributed by atoms with Gasteiger partial charge in [-0.05, 0) is 0 Å². The number of primary sulfonamides is 1. The van der Waals surface area contributed by atoms with Gasteiger partial charge in [0.15, 0.2) is 0 Å². The summed E-state index contributed by atoms with van der Waals surface area (Å²) in [5.41, 5.74) is 0. The summed E-state index contributed by atoms with van der Waals surface area (Å²) >= 11 is 0. The van der Waals surface area contributed by atoms with E-state index >= 15 is 0 Å². The van der Waals surface area contributed by atoms with Crippen LogP contribution in [-0.2, 0) is 14.8 Å². The van der Waals surface area contributed by atoms with E-state index in [1.165, 1.54) is 4.90 Å². The largest absolute Gasteiger partial charge is 0.349 e. The van der Waals surface area contributed by atoms with Gasteiger partial charge < -0.3 is 4.90 Å². The van der Waals surface area contributed by atoms with Crippen molar-refractivity contribution in [3.63, 3.8) is 0 Å². The summed E-state index contributed by atoms with van der Waals surface area (Å²) in [7, 11) is -0.378. The van der Waals surface area contributed by atoms with Crippen LogP contribution in [-0.4, -0.2) is 39.1 Å². The number of hydrogen-bond donors (Lipinski definition) is 1. The zero-order chi connectivity index (χ0) is 9.07. The average Bonchev–Trinajstić information content (AvgIpc) is 1.80. The molecule has 2 N–H and O–H groups in total. The number of sulfonamides is 1. The molecule has 66 valence electrons. The van der Waals surface area contributed by atoms with Gasteiger partial charge >= 0.3 is 0 Å². The molecule has 0 aliphatic rings. The number of rotatable bonds is 3. The van der Waals surface area contributed by atoms with Crippen LogP contribution in [0, 0.1) is 0 Å². The molecule has 0 aromatic carbocycles. The summed E-state index contributed by atoms with van der Waals surface area (Å²) < 4.78 is 20.7. The molecule has 0 rings (SSSR count). The lowest BCUT2D eigenvalue weighted by Crippen LogP contribution is -2.26. The minimum atomic E-state index is -3.50. The van der Waals surface area contributed by atoms with Gasteiger partial charge in [0.1, 0.15) is 0 Å². The summed E-state index contributed by atoms with van der Waals surface area (Å²) in [5, 5.41) is 4.69. The molecule has 0 atom stereocenters. The smallest absolute Gasteiger partial charge is 0.223 e. The molecule has 5 nitrogen and oxygen atoms in total. The minimum Gasteiger partial charge on any atom is -0.349 e. The second-order valence-corrected chi connectivity index (χ2v) is 4.14. The number of carbonyl (C=O) groups excluding carboxylic acids is 1. The number of hydrogen-bond acceptors (Lipinski definition) is 3. The van der Waals surface area contributed by atoms with E-state index in [2.05, 4.69) is 5.14 Å². The molecule has 6 heteroatoms. The van der Waals surface area contributed by atoms with Gasteiger partial charge in [-0.2, -0.15) is 0 Å². The van der Waals surface area contributed by atoms with Gasteiger partial charge in [0.2, 0.25) is 15.9 Å². The molecule has 0 fully saturated rings. The SMILES string of the molecule is CN(C)C(=O)CCS(N)(=O)=O. The zero-order valence-corrected chi connectivity index (χ0v) is 7.39. The Labute approximate surface area is 66.2 Å². The number of nitrogens with two attached hydrogens (primary N) is 1. The first-order valence-corrected chi connectivity index (χ1v) is 4.75. The van der Waals surface area contributed by atoms with E-state index in [0.29, 0.717) is 0 Å². The second-order valence-electron chi connectivity index (χ2n) is 2.41. The Morgan fingerprint density at radius 3 is 2.18 bits per heavy atom. The number of carbonyl (C=O) groups is 1. The Hall–Kier alpha value is -0.620. The van der Waals surface area contributed by atoms with Crippen molar-refractivity contribution in [1.82, 2.24) is 4.90 Å². The first kappa shape index (κ1) is 10.4. The van der Waals surface area contributed by atoms with E-state index in [1.807, 2.05) is 0 Å². The van der Waals surface area contributed by atoms with Gasteiger partial charge in [-0.15, -0.1) is 0 Å². The maximum Gasteiger partial charge on any atom is 0.223 e. The van der Waals surface area contributed by atoms with Crippen LogP contribution in [0.2, 0.25) is 0 Å². The van der Waals surface area contributed by atoms with Crippen molar-refractivity contribution in [3.05, 3.63) is 0 Å². The Bertz CT molecular complexity index is 232. The van der Waals surface area contributed by atoms with Crippen molar-refractivity contribution < 1.29 is 13.2 Å². The number of nitrogens with zero attached hydrogens (tertiary/aromatic N) is 1. The molecule has 0 aliphatic heterocycles. The van der Waals surface area contributed by atoms with Gasteiger partial charge in [0, 0.05) is 20.5 Å². The molecular formula is C5H12N2O3S. The first-order chi connectivity index (χ1) is 4.83. The molecule has 0 aromatic rings. The fourth-order valence-electron chi connectivity index (χ4n) is 0.453. The maximum atomic E-state index is 10.8. The van der Waals surface area contributed by atoms with Gasteiger partial charge in [-0.1, -0.05) is 0 Å². The molecular weight excluding hydrogens is 168 g/mol. The lowest BCUT2D eigenvalue weighted by Gasteiger charge is -2.08. The highest BCUT2D eigenvalue weighted by Gasteiger charge is 2.08. The predicted octanol–water partition coefficient (Wildman–Crippen LogP) is -1.25. The summed E-state index contributed by atoms with van der Waals surface area (Å²) in [4.78, 5) is 12.1. The molecule has 0 spiro atoms. The first-order valence-electron chi connectivity index (χ1n) is 3.03. The van der Waals surface area contributed by atoms with Crippen LogP contribution in [0.5, 0.6) is 0 Å². The van der Waals surface area contributed by atoms with E-state index in [1.54, 1.807) is 14.1 Å². The molecule has 0 unspecified atom stereocenters. The van der Waals surface area contributed by atoms with Gasteiger partial charge in [-0.25, -0.2) is 13.6 Å². The minimum absolute atomic E-state index is 0.0498. The van der Waals surface area contributed by atoms with E-state index in [9.17, 15) is 13.2 Å². The Kier molecular flexibility index (Phi) is 3.47. The van der Waals surface area contributed by atoms with Crippen molar-refractivity contribution in [2.75, 3.05) is 19.8 Å². The third-order valence-electron chi connectivity index (χ3n) is 1.10. The van der Waals surface area contributed by atoms with Crippen LogP contribution in [0.3, 0.4) is 0 Å². The topological polar surface area (TPSA) is 80.5 Å². The highest BCUT2D eigenvalue weighted by molar-refractivity contribution is 7.89. The lowest BCUT2D eigenvalue weighted by molar-refractivity contribution is -0.128. The molecule has 1 amide bonds. The fourth-order valence-corrected chi connectivity index (χ4v) is 0.912. The van der Waals surface area contributed by atoms with Crippen molar-refractivity contribution in [2.45, 2.75) is 6.42 Å². The van der Waals surface area contributed by atoms with Crippen molar-refractivity contribution in [2.24, 2.45) is 5.14 Å². The molecule has 11 heavy (non-hydrogen) atoms. The third kappa shape index (κ3) is 5.81. The van der Waals surface area contributed by atoms with Crippen LogP contribution < -0.4 is 5.14 Å².